The fourth-order valence-corrected chi connectivity index (χ4v) is 4.23. The number of nitrogens with one attached hydrogen (secondary N) is 2. The summed E-state index contributed by atoms with van der Waals surface area (Å²) in [6.07, 6.45) is 10.7. The summed E-state index contributed by atoms with van der Waals surface area (Å²) in [4.78, 5) is 11.3. The third-order valence-electron chi connectivity index (χ3n) is 5.60. The van der Waals surface area contributed by atoms with Crippen LogP contribution in [-0.4, -0.2) is 53.2 Å². The highest BCUT2D eigenvalue weighted by Crippen LogP contribution is 2.35. The van der Waals surface area contributed by atoms with E-state index in [4.69, 9.17) is 4.52 Å². The molecular weight excluding hydrogens is 316 g/mol. The number of aliphatic imine (C=N–C) groups is 1. The van der Waals surface area contributed by atoms with Crippen molar-refractivity contribution >= 4 is 5.96 Å². The lowest BCUT2D eigenvalue weighted by molar-refractivity contribution is 0.0368. The number of aromatic nitrogens is 2. The number of nitrogens with zero attached hydrogens (tertiary/aromatic N) is 4. The van der Waals surface area contributed by atoms with Gasteiger partial charge in [-0.1, -0.05) is 30.8 Å². The molecule has 1 saturated heterocycles. The fraction of sp³-hybridized carbons (Fsp3) is 0.833. The van der Waals surface area contributed by atoms with Crippen molar-refractivity contribution in [3.63, 3.8) is 0 Å². The number of hydrogen-bond donors (Lipinski definition) is 2. The molecule has 3 rings (SSSR count). The zero-order chi connectivity index (χ0) is 17.5. The van der Waals surface area contributed by atoms with E-state index in [1.165, 1.54) is 64.5 Å². The van der Waals surface area contributed by atoms with E-state index >= 15 is 0 Å². The van der Waals surface area contributed by atoms with Crippen LogP contribution in [0.2, 0.25) is 0 Å². The predicted molar refractivity (Wildman–Crippen MR) is 98.5 cm³/mol. The van der Waals surface area contributed by atoms with E-state index in [0.29, 0.717) is 23.8 Å². The Hall–Kier alpha value is -1.63. The molecule has 2 fully saturated rings. The van der Waals surface area contributed by atoms with Gasteiger partial charge in [0, 0.05) is 26.1 Å². The summed E-state index contributed by atoms with van der Waals surface area (Å²) >= 11 is 0. The van der Waals surface area contributed by atoms with Gasteiger partial charge in [0.1, 0.15) is 0 Å². The van der Waals surface area contributed by atoms with Crippen LogP contribution in [0.15, 0.2) is 9.52 Å². The summed E-state index contributed by atoms with van der Waals surface area (Å²) in [6, 6.07) is 0. The molecule has 0 unspecified atom stereocenters. The van der Waals surface area contributed by atoms with Gasteiger partial charge in [0.05, 0.1) is 6.54 Å². The SMILES string of the molecule is CN=C(NCc1noc(C)n1)NCC1(N2CCCCC2)CCCCC1. The van der Waals surface area contributed by atoms with Crippen LogP contribution in [0.25, 0.3) is 0 Å². The van der Waals surface area contributed by atoms with Crippen LogP contribution < -0.4 is 10.6 Å². The summed E-state index contributed by atoms with van der Waals surface area (Å²) in [6.45, 7) is 5.77. The first kappa shape index (κ1) is 18.2. The van der Waals surface area contributed by atoms with Crippen LogP contribution in [0.4, 0.5) is 0 Å². The van der Waals surface area contributed by atoms with E-state index in [1.807, 2.05) is 7.05 Å². The highest BCUT2D eigenvalue weighted by Gasteiger charge is 2.38. The maximum atomic E-state index is 5.01. The lowest BCUT2D eigenvalue weighted by atomic mass is 9.79. The smallest absolute Gasteiger partial charge is 0.223 e. The van der Waals surface area contributed by atoms with Crippen LogP contribution in [0.5, 0.6) is 0 Å². The topological polar surface area (TPSA) is 78.6 Å². The Labute approximate surface area is 150 Å². The average molecular weight is 348 g/mol. The van der Waals surface area contributed by atoms with Crippen molar-refractivity contribution in [3.05, 3.63) is 11.7 Å². The number of likely N-dealkylation sites (tertiary alicyclic amines) is 1. The molecule has 0 spiro atoms. The van der Waals surface area contributed by atoms with Gasteiger partial charge in [0.25, 0.3) is 0 Å². The van der Waals surface area contributed by atoms with Crippen LogP contribution >= 0.6 is 0 Å². The summed E-state index contributed by atoms with van der Waals surface area (Å²) in [7, 11) is 1.81. The Morgan fingerprint density at radius 3 is 2.48 bits per heavy atom. The highest BCUT2D eigenvalue weighted by atomic mass is 16.5. The minimum absolute atomic E-state index is 0.291. The molecule has 1 aliphatic heterocycles. The van der Waals surface area contributed by atoms with Gasteiger partial charge in [-0.05, 0) is 38.8 Å². The normalized spacial score (nSPS) is 21.9. The molecule has 2 N–H and O–H groups in total. The molecule has 1 aliphatic carbocycles. The lowest BCUT2D eigenvalue weighted by Crippen LogP contribution is -2.59. The van der Waals surface area contributed by atoms with Crippen LogP contribution in [0, 0.1) is 6.92 Å². The molecule has 0 aromatic carbocycles. The Morgan fingerprint density at radius 1 is 1.12 bits per heavy atom. The largest absolute Gasteiger partial charge is 0.355 e. The Morgan fingerprint density at radius 2 is 1.84 bits per heavy atom. The van der Waals surface area contributed by atoms with Crippen LogP contribution in [0.3, 0.4) is 0 Å². The van der Waals surface area contributed by atoms with Crippen molar-refractivity contribution < 1.29 is 4.52 Å². The van der Waals surface area contributed by atoms with E-state index < -0.39 is 0 Å². The molecule has 7 nitrogen and oxygen atoms in total. The molecule has 0 atom stereocenters. The Bertz CT molecular complexity index is 558. The van der Waals surface area contributed by atoms with Gasteiger partial charge >= 0.3 is 0 Å². The third kappa shape index (κ3) is 4.71. The molecule has 7 heteroatoms. The number of piperidine rings is 1. The third-order valence-corrected chi connectivity index (χ3v) is 5.60. The first-order chi connectivity index (χ1) is 12.2. The van der Waals surface area contributed by atoms with Crippen molar-refractivity contribution in [1.82, 2.24) is 25.7 Å². The predicted octanol–water partition coefficient (Wildman–Crippen LogP) is 2.23. The first-order valence-electron chi connectivity index (χ1n) is 9.71. The summed E-state index contributed by atoms with van der Waals surface area (Å²) in [5.74, 6) is 2.05. The summed E-state index contributed by atoms with van der Waals surface area (Å²) < 4.78 is 5.01. The number of guanidine groups is 1. The van der Waals surface area contributed by atoms with E-state index in [1.54, 1.807) is 6.92 Å². The van der Waals surface area contributed by atoms with Gasteiger partial charge in [0.15, 0.2) is 11.8 Å². The second-order valence-electron chi connectivity index (χ2n) is 7.34. The second kappa shape index (κ2) is 8.65. The maximum absolute atomic E-state index is 5.01. The van der Waals surface area contributed by atoms with Crippen molar-refractivity contribution in [1.29, 1.82) is 0 Å². The van der Waals surface area contributed by atoms with Gasteiger partial charge in [-0.3, -0.25) is 9.89 Å². The van der Waals surface area contributed by atoms with Gasteiger partial charge in [-0.2, -0.15) is 4.98 Å². The number of hydrogen-bond acceptors (Lipinski definition) is 5. The second-order valence-corrected chi connectivity index (χ2v) is 7.34. The lowest BCUT2D eigenvalue weighted by Gasteiger charge is -2.48. The molecule has 1 aromatic heterocycles. The molecule has 1 aromatic rings. The Balaban J connectivity index is 1.57. The van der Waals surface area contributed by atoms with E-state index in [0.717, 1.165) is 12.5 Å². The van der Waals surface area contributed by atoms with Gasteiger partial charge < -0.3 is 15.2 Å². The Kier molecular flexibility index (Phi) is 6.29. The van der Waals surface area contributed by atoms with Gasteiger partial charge in [0.2, 0.25) is 5.89 Å². The zero-order valence-corrected chi connectivity index (χ0v) is 15.7. The van der Waals surface area contributed by atoms with Crippen LogP contribution in [0.1, 0.15) is 63.1 Å². The molecular formula is C18H32N6O. The molecule has 2 heterocycles. The fourth-order valence-electron chi connectivity index (χ4n) is 4.23. The molecule has 2 aliphatic rings. The van der Waals surface area contributed by atoms with Gasteiger partial charge in [-0.15, -0.1) is 0 Å². The van der Waals surface area contributed by atoms with Crippen molar-refractivity contribution in [2.24, 2.45) is 4.99 Å². The zero-order valence-electron chi connectivity index (χ0n) is 15.7. The summed E-state index contributed by atoms with van der Waals surface area (Å²) in [5.41, 5.74) is 0.291. The maximum Gasteiger partial charge on any atom is 0.223 e. The molecule has 1 saturated carbocycles. The molecule has 25 heavy (non-hydrogen) atoms. The van der Waals surface area contributed by atoms with Crippen molar-refractivity contribution in [2.75, 3.05) is 26.7 Å². The quantitative estimate of drug-likeness (QED) is 0.627. The van der Waals surface area contributed by atoms with E-state index in [2.05, 4.69) is 30.7 Å². The van der Waals surface area contributed by atoms with E-state index in [9.17, 15) is 0 Å². The number of aryl methyl sites for hydroxylation is 1. The van der Waals surface area contributed by atoms with E-state index in [-0.39, 0.29) is 0 Å². The molecule has 0 amide bonds. The van der Waals surface area contributed by atoms with Gasteiger partial charge in [-0.25, -0.2) is 0 Å². The number of rotatable bonds is 5. The molecule has 0 bridgehead atoms. The standard InChI is InChI=1S/C18H32N6O/c1-15-22-16(23-25-15)13-20-17(19-2)21-14-18(9-5-3-6-10-18)24-11-7-4-8-12-24/h3-14H2,1-2H3,(H2,19,20,21). The van der Waals surface area contributed by atoms with Crippen molar-refractivity contribution in [2.45, 2.75) is 70.4 Å². The molecule has 0 radical (unpaired) electrons. The average Bonchev–Trinajstić information content (AvgIpc) is 3.08. The first-order valence-corrected chi connectivity index (χ1v) is 9.71. The molecule has 140 valence electrons. The minimum atomic E-state index is 0.291. The summed E-state index contributed by atoms with van der Waals surface area (Å²) in [5, 5.41) is 10.8. The van der Waals surface area contributed by atoms with Crippen molar-refractivity contribution in [3.8, 4) is 0 Å². The highest BCUT2D eigenvalue weighted by molar-refractivity contribution is 5.79. The minimum Gasteiger partial charge on any atom is -0.355 e. The monoisotopic (exact) mass is 348 g/mol. The van der Waals surface area contributed by atoms with Crippen LogP contribution in [-0.2, 0) is 6.54 Å².